The molecule has 0 aromatic heterocycles. The van der Waals surface area contributed by atoms with Crippen molar-refractivity contribution in [3.05, 3.63) is 27.1 Å². The van der Waals surface area contributed by atoms with E-state index in [1.165, 1.54) is 20.3 Å². The van der Waals surface area contributed by atoms with Gasteiger partial charge in [0, 0.05) is 12.0 Å². The lowest BCUT2D eigenvalue weighted by atomic mass is 10.1. The summed E-state index contributed by atoms with van der Waals surface area (Å²) in [5, 5.41) is 3.10. The van der Waals surface area contributed by atoms with E-state index in [1.807, 2.05) is 0 Å². The molecular weight excluding hydrogens is 246 g/mol. The minimum Gasteiger partial charge on any atom is -0.493 e. The number of fused-ring (bicyclic) bond motifs is 1. The second kappa shape index (κ2) is 4.33. The Morgan fingerprint density at radius 3 is 2.65 bits per heavy atom. The summed E-state index contributed by atoms with van der Waals surface area (Å²) in [5.74, 6) is 0.418. The number of hydrogen-bond acceptors (Lipinski definition) is 5. The molecule has 1 aromatic rings. The van der Waals surface area contributed by atoms with E-state index in [-0.39, 0.29) is 12.2 Å². The smallest absolute Gasteiger partial charge is 0.191 e. The second-order valence-electron chi connectivity index (χ2n) is 3.64. The van der Waals surface area contributed by atoms with E-state index in [0.717, 1.165) is 0 Å². The highest BCUT2D eigenvalue weighted by Crippen LogP contribution is 2.43. The maximum absolute atomic E-state index is 11.8. The topological polar surface area (TPSA) is 65.0 Å². The maximum Gasteiger partial charge on any atom is 0.191 e. The van der Waals surface area contributed by atoms with Crippen LogP contribution in [0.25, 0.3) is 0 Å². The van der Waals surface area contributed by atoms with Crippen molar-refractivity contribution >= 4 is 17.4 Å². The van der Waals surface area contributed by atoms with Crippen LogP contribution in [0.5, 0.6) is 11.5 Å². The van der Waals surface area contributed by atoms with Gasteiger partial charge in [0.2, 0.25) is 0 Å². The zero-order valence-electron chi connectivity index (χ0n) is 9.32. The first-order valence-corrected chi connectivity index (χ1v) is 5.31. The molecule has 0 N–H and O–H groups in total. The summed E-state index contributed by atoms with van der Waals surface area (Å²) in [5.41, 5.74) is 0.983. The Morgan fingerprint density at radius 1 is 1.41 bits per heavy atom. The molecule has 5 nitrogen and oxygen atoms in total. The minimum atomic E-state index is -0.890. The third kappa shape index (κ3) is 1.67. The Hall–Kier alpha value is -1.62. The lowest BCUT2D eigenvalue weighted by Crippen LogP contribution is -2.11. The molecule has 0 spiro atoms. The Morgan fingerprint density at radius 2 is 2.12 bits per heavy atom. The van der Waals surface area contributed by atoms with Gasteiger partial charge >= 0.3 is 0 Å². The first kappa shape index (κ1) is 11.9. The fourth-order valence-corrected chi connectivity index (χ4v) is 2.31. The number of hydrogen-bond donors (Lipinski definition) is 0. The summed E-state index contributed by atoms with van der Waals surface area (Å²) < 4.78 is 10.2. The Labute approximate surface area is 103 Å². The van der Waals surface area contributed by atoms with Crippen LogP contribution < -0.4 is 9.47 Å². The average Bonchev–Trinajstić information content (AvgIpc) is 2.66. The summed E-state index contributed by atoms with van der Waals surface area (Å²) >= 11 is 6.12. The van der Waals surface area contributed by atoms with Gasteiger partial charge in [0.05, 0.1) is 19.2 Å². The normalized spacial score (nSPS) is 17.8. The van der Waals surface area contributed by atoms with E-state index < -0.39 is 6.04 Å². The summed E-state index contributed by atoms with van der Waals surface area (Å²) in [4.78, 5) is 22.3. The fraction of sp³-hybridized carbons (Fsp3) is 0.364. The van der Waals surface area contributed by atoms with E-state index in [4.69, 9.17) is 21.1 Å². The number of rotatable bonds is 3. The molecule has 1 aromatic carbocycles. The number of Topliss-reactive ketones (excluding diaryl/α,β-unsaturated/α-hetero) is 1. The predicted molar refractivity (Wildman–Crippen MR) is 62.2 cm³/mol. The zero-order chi connectivity index (χ0) is 12.6. The Bertz CT molecular complexity index is 501. The van der Waals surface area contributed by atoms with Gasteiger partial charge in [-0.1, -0.05) is 16.8 Å². The molecule has 17 heavy (non-hydrogen) atoms. The van der Waals surface area contributed by atoms with E-state index in [1.54, 1.807) is 0 Å². The standard InChI is InChI=1S/C11H10ClNO4/c1-16-8-4-6-5(9(12)11(8)17-2)3-7(13-15)10(6)14/h4,7H,3H2,1-2H3. The van der Waals surface area contributed by atoms with Gasteiger partial charge in [-0.25, -0.2) is 0 Å². The Kier molecular flexibility index (Phi) is 3.02. The van der Waals surface area contributed by atoms with Gasteiger partial charge in [-0.3, -0.25) is 4.79 Å². The fourth-order valence-electron chi connectivity index (χ4n) is 1.96. The quantitative estimate of drug-likeness (QED) is 0.777. The monoisotopic (exact) mass is 255 g/mol. The summed E-state index contributed by atoms with van der Waals surface area (Å²) in [6.45, 7) is 0. The zero-order valence-corrected chi connectivity index (χ0v) is 10.1. The lowest BCUT2D eigenvalue weighted by molar-refractivity contribution is 0.0975. The van der Waals surface area contributed by atoms with Crippen LogP contribution >= 0.6 is 11.6 Å². The number of benzene rings is 1. The van der Waals surface area contributed by atoms with Crippen LogP contribution in [0.15, 0.2) is 11.2 Å². The van der Waals surface area contributed by atoms with E-state index in [0.29, 0.717) is 27.6 Å². The molecule has 0 amide bonds. The molecule has 0 bridgehead atoms. The highest BCUT2D eigenvalue weighted by molar-refractivity contribution is 6.34. The van der Waals surface area contributed by atoms with Crippen molar-refractivity contribution in [1.29, 1.82) is 0 Å². The molecule has 0 fully saturated rings. The van der Waals surface area contributed by atoms with Gasteiger partial charge in [0.1, 0.15) is 0 Å². The minimum absolute atomic E-state index is 0.219. The predicted octanol–water partition coefficient (Wildman–Crippen LogP) is 2.23. The number of nitrogens with zero attached hydrogens (tertiary/aromatic N) is 1. The molecule has 2 rings (SSSR count). The van der Waals surface area contributed by atoms with Crippen molar-refractivity contribution in [2.24, 2.45) is 5.18 Å². The van der Waals surface area contributed by atoms with Crippen molar-refractivity contribution in [1.82, 2.24) is 0 Å². The van der Waals surface area contributed by atoms with Crippen molar-refractivity contribution in [3.8, 4) is 11.5 Å². The van der Waals surface area contributed by atoms with Crippen LogP contribution in [0.4, 0.5) is 0 Å². The van der Waals surface area contributed by atoms with Crippen molar-refractivity contribution in [3.63, 3.8) is 0 Å². The Balaban J connectivity index is 2.63. The first-order chi connectivity index (χ1) is 8.13. The molecule has 0 saturated carbocycles. The van der Waals surface area contributed by atoms with Gasteiger partial charge < -0.3 is 9.47 Å². The molecule has 0 saturated heterocycles. The van der Waals surface area contributed by atoms with Crippen LogP contribution in [0.2, 0.25) is 5.02 Å². The SMILES string of the molecule is COc1cc2c(c(Cl)c1OC)CC(N=O)C2=O. The second-order valence-corrected chi connectivity index (χ2v) is 4.02. The number of methoxy groups -OCH3 is 2. The number of carbonyl (C=O) groups excluding carboxylic acids is 1. The number of carbonyl (C=O) groups is 1. The molecule has 0 aliphatic heterocycles. The number of ether oxygens (including phenoxy) is 2. The number of ketones is 1. The molecule has 0 radical (unpaired) electrons. The van der Waals surface area contributed by atoms with Crippen LogP contribution in [-0.2, 0) is 6.42 Å². The highest BCUT2D eigenvalue weighted by Gasteiger charge is 2.35. The van der Waals surface area contributed by atoms with Gasteiger partial charge in [-0.05, 0) is 11.6 Å². The number of halogens is 1. The van der Waals surface area contributed by atoms with E-state index in [2.05, 4.69) is 5.18 Å². The first-order valence-electron chi connectivity index (χ1n) is 4.94. The largest absolute Gasteiger partial charge is 0.493 e. The maximum atomic E-state index is 11.8. The van der Waals surface area contributed by atoms with Crippen LogP contribution in [0.1, 0.15) is 15.9 Å². The lowest BCUT2D eigenvalue weighted by Gasteiger charge is -2.12. The van der Waals surface area contributed by atoms with Crippen molar-refractivity contribution < 1.29 is 14.3 Å². The molecule has 1 aliphatic rings. The van der Waals surface area contributed by atoms with Gasteiger partial charge in [0.25, 0.3) is 0 Å². The van der Waals surface area contributed by atoms with Crippen LogP contribution in [0, 0.1) is 4.91 Å². The highest BCUT2D eigenvalue weighted by atomic mass is 35.5. The van der Waals surface area contributed by atoms with Crippen molar-refractivity contribution in [2.75, 3.05) is 14.2 Å². The molecule has 1 aliphatic carbocycles. The summed E-state index contributed by atoms with van der Waals surface area (Å²) in [6.07, 6.45) is 0.219. The number of nitroso groups, excluding NO2 is 1. The molecule has 6 heteroatoms. The van der Waals surface area contributed by atoms with Gasteiger partial charge in [-0.15, -0.1) is 0 Å². The molecular formula is C11H10ClNO4. The van der Waals surface area contributed by atoms with E-state index in [9.17, 15) is 9.70 Å². The summed E-state index contributed by atoms with van der Waals surface area (Å²) in [7, 11) is 2.91. The van der Waals surface area contributed by atoms with Gasteiger partial charge in [-0.2, -0.15) is 4.91 Å². The molecule has 1 atom stereocenters. The third-order valence-corrected chi connectivity index (χ3v) is 3.21. The third-order valence-electron chi connectivity index (χ3n) is 2.81. The average molecular weight is 256 g/mol. The summed E-state index contributed by atoms with van der Waals surface area (Å²) in [6, 6.07) is 0.646. The molecule has 90 valence electrons. The van der Waals surface area contributed by atoms with Crippen LogP contribution in [-0.4, -0.2) is 26.0 Å². The van der Waals surface area contributed by atoms with E-state index >= 15 is 0 Å². The molecule has 1 unspecified atom stereocenters. The van der Waals surface area contributed by atoms with Crippen molar-refractivity contribution in [2.45, 2.75) is 12.5 Å². The van der Waals surface area contributed by atoms with Gasteiger partial charge in [0.15, 0.2) is 23.3 Å². The van der Waals surface area contributed by atoms with Crippen LogP contribution in [0.3, 0.4) is 0 Å². The molecule has 0 heterocycles.